The minimum atomic E-state index is -0.332. The van der Waals surface area contributed by atoms with E-state index in [1.165, 1.54) is 7.11 Å². The lowest BCUT2D eigenvalue weighted by Gasteiger charge is -2.33. The summed E-state index contributed by atoms with van der Waals surface area (Å²) in [7, 11) is 1.39. The first-order valence-corrected chi connectivity index (χ1v) is 8.52. The third-order valence-corrected chi connectivity index (χ3v) is 4.83. The fourth-order valence-electron chi connectivity index (χ4n) is 3.52. The van der Waals surface area contributed by atoms with Crippen molar-refractivity contribution in [2.75, 3.05) is 18.6 Å². The number of aromatic nitrogens is 1. The van der Waals surface area contributed by atoms with Crippen molar-refractivity contribution < 1.29 is 14.3 Å². The van der Waals surface area contributed by atoms with Crippen LogP contribution in [0, 0.1) is 0 Å². The van der Waals surface area contributed by atoms with Crippen LogP contribution in [-0.4, -0.2) is 30.5 Å². The van der Waals surface area contributed by atoms with Crippen molar-refractivity contribution in [3.05, 3.63) is 71.9 Å². The van der Waals surface area contributed by atoms with E-state index in [9.17, 15) is 9.59 Å². The average molecular weight is 346 g/mol. The molecule has 1 aliphatic heterocycles. The van der Waals surface area contributed by atoms with E-state index in [0.29, 0.717) is 18.5 Å². The fraction of sp³-hybridized carbons (Fsp3) is 0.190. The Labute approximate surface area is 151 Å². The van der Waals surface area contributed by atoms with Crippen LogP contribution in [-0.2, 0) is 9.53 Å². The predicted octanol–water partition coefficient (Wildman–Crippen LogP) is 3.54. The summed E-state index contributed by atoms with van der Waals surface area (Å²) in [6, 6.07) is 16.8. The number of ether oxygens (including phenoxy) is 1. The van der Waals surface area contributed by atoms with E-state index in [-0.39, 0.29) is 17.8 Å². The van der Waals surface area contributed by atoms with Gasteiger partial charge in [-0.15, -0.1) is 0 Å². The summed E-state index contributed by atoms with van der Waals surface area (Å²) in [5, 5.41) is 0.927. The average Bonchev–Trinajstić information content (AvgIpc) is 2.71. The molecule has 3 aromatic rings. The molecule has 0 saturated heterocycles. The van der Waals surface area contributed by atoms with Crippen LogP contribution in [0.3, 0.4) is 0 Å². The van der Waals surface area contributed by atoms with Crippen LogP contribution in [0.15, 0.2) is 60.8 Å². The van der Waals surface area contributed by atoms with Crippen LogP contribution in [0.25, 0.3) is 10.9 Å². The molecule has 26 heavy (non-hydrogen) atoms. The van der Waals surface area contributed by atoms with E-state index in [1.807, 2.05) is 48.5 Å². The maximum atomic E-state index is 13.1. The summed E-state index contributed by atoms with van der Waals surface area (Å²) < 4.78 is 4.93. The molecule has 0 fully saturated rings. The topological polar surface area (TPSA) is 59.5 Å². The van der Waals surface area contributed by atoms with Gasteiger partial charge in [0.15, 0.2) is 0 Å². The smallest absolute Gasteiger partial charge is 0.313 e. The molecule has 0 unspecified atom stereocenters. The second-order valence-electron chi connectivity index (χ2n) is 6.29. The van der Waals surface area contributed by atoms with Gasteiger partial charge in [-0.25, -0.2) is 0 Å². The number of rotatable bonds is 2. The summed E-state index contributed by atoms with van der Waals surface area (Å²) in [6.45, 7) is 0.473. The summed E-state index contributed by atoms with van der Waals surface area (Å²) in [5.41, 5.74) is 3.07. The highest BCUT2D eigenvalue weighted by Crippen LogP contribution is 2.36. The number of methoxy groups -OCH3 is 1. The number of anilines is 1. The molecule has 1 aromatic heterocycles. The second kappa shape index (κ2) is 6.59. The van der Waals surface area contributed by atoms with E-state index < -0.39 is 0 Å². The Bertz CT molecular complexity index is 999. The molecule has 0 radical (unpaired) electrons. The van der Waals surface area contributed by atoms with Crippen molar-refractivity contribution >= 4 is 28.5 Å². The third-order valence-electron chi connectivity index (χ3n) is 4.83. The summed E-state index contributed by atoms with van der Waals surface area (Å²) >= 11 is 0. The summed E-state index contributed by atoms with van der Waals surface area (Å²) in [6.07, 6.45) is 2.28. The molecular weight excluding hydrogens is 328 g/mol. The molecule has 1 aliphatic rings. The normalized spacial score (nSPS) is 16.2. The predicted molar refractivity (Wildman–Crippen MR) is 99.2 cm³/mol. The quantitative estimate of drug-likeness (QED) is 0.666. The fourth-order valence-corrected chi connectivity index (χ4v) is 3.52. The molecule has 5 heteroatoms. The monoisotopic (exact) mass is 346 g/mol. The van der Waals surface area contributed by atoms with Gasteiger partial charge in [-0.3, -0.25) is 14.6 Å². The van der Waals surface area contributed by atoms with E-state index in [4.69, 9.17) is 4.74 Å². The molecule has 1 atom stereocenters. The lowest BCUT2D eigenvalue weighted by atomic mass is 9.89. The van der Waals surface area contributed by atoms with E-state index in [0.717, 1.165) is 22.2 Å². The largest absolute Gasteiger partial charge is 0.469 e. The summed E-state index contributed by atoms with van der Waals surface area (Å²) in [4.78, 5) is 31.3. The molecule has 1 amide bonds. The Kier molecular flexibility index (Phi) is 4.13. The number of nitrogens with zero attached hydrogens (tertiary/aromatic N) is 2. The summed E-state index contributed by atoms with van der Waals surface area (Å²) in [5.74, 6) is -0.672. The van der Waals surface area contributed by atoms with Crippen molar-refractivity contribution in [3.63, 3.8) is 0 Å². The zero-order chi connectivity index (χ0) is 18.1. The first-order chi connectivity index (χ1) is 12.7. The van der Waals surface area contributed by atoms with E-state index in [2.05, 4.69) is 4.98 Å². The van der Waals surface area contributed by atoms with Gasteiger partial charge in [0.05, 0.1) is 18.5 Å². The van der Waals surface area contributed by atoms with Crippen molar-refractivity contribution in [3.8, 4) is 0 Å². The number of fused-ring (bicyclic) bond motifs is 2. The van der Waals surface area contributed by atoms with E-state index >= 15 is 0 Å². The van der Waals surface area contributed by atoms with Gasteiger partial charge in [0, 0.05) is 29.4 Å². The molecule has 0 saturated carbocycles. The van der Waals surface area contributed by atoms with Gasteiger partial charge in [0.1, 0.15) is 0 Å². The Hall–Kier alpha value is -3.21. The number of hydrogen-bond donors (Lipinski definition) is 0. The zero-order valence-corrected chi connectivity index (χ0v) is 14.4. The van der Waals surface area contributed by atoms with Crippen LogP contribution in [0.5, 0.6) is 0 Å². The van der Waals surface area contributed by atoms with Crippen molar-refractivity contribution in [2.45, 2.75) is 12.3 Å². The number of carbonyl (C=O) groups excluding carboxylic acids is 2. The highest BCUT2D eigenvalue weighted by molar-refractivity contribution is 6.09. The lowest BCUT2D eigenvalue weighted by molar-refractivity contribution is -0.142. The number of benzene rings is 2. The van der Waals surface area contributed by atoms with Crippen LogP contribution >= 0.6 is 0 Å². The third kappa shape index (κ3) is 2.71. The number of carbonyl (C=O) groups is 2. The molecule has 130 valence electrons. The Balaban J connectivity index is 1.72. The van der Waals surface area contributed by atoms with Gasteiger partial charge in [0.2, 0.25) is 0 Å². The molecule has 4 rings (SSSR count). The minimum absolute atomic E-state index is 0.0773. The molecular formula is C21H18N2O3. The second-order valence-corrected chi connectivity index (χ2v) is 6.29. The van der Waals surface area contributed by atoms with Crippen LogP contribution in [0.2, 0.25) is 0 Å². The number of esters is 1. The number of para-hydroxylation sites is 1. The van der Waals surface area contributed by atoms with Gasteiger partial charge < -0.3 is 9.64 Å². The lowest BCUT2D eigenvalue weighted by Crippen LogP contribution is -2.38. The molecule has 2 heterocycles. The van der Waals surface area contributed by atoms with Crippen LogP contribution in [0.4, 0.5) is 5.69 Å². The Morgan fingerprint density at radius 2 is 1.96 bits per heavy atom. The number of amides is 1. The van der Waals surface area contributed by atoms with Gasteiger partial charge in [-0.05, 0) is 42.3 Å². The van der Waals surface area contributed by atoms with Crippen molar-refractivity contribution in [1.82, 2.24) is 4.98 Å². The highest BCUT2D eigenvalue weighted by Gasteiger charge is 2.33. The van der Waals surface area contributed by atoms with Crippen LogP contribution < -0.4 is 4.90 Å². The first kappa shape index (κ1) is 16.3. The number of hydrogen-bond acceptors (Lipinski definition) is 4. The standard InChI is InChI=1S/C21H18N2O3/c1-26-21(25)17-10-12-23(19-7-3-2-6-16(17)19)20(24)15-8-9-18-14(13-15)5-4-11-22-18/h2-9,11,13,17H,10,12H2,1H3/t17-/m0/s1. The maximum Gasteiger partial charge on any atom is 0.313 e. The van der Waals surface area contributed by atoms with Crippen molar-refractivity contribution in [1.29, 1.82) is 0 Å². The molecule has 0 aliphatic carbocycles. The van der Waals surface area contributed by atoms with E-state index in [1.54, 1.807) is 17.2 Å². The number of pyridine rings is 1. The molecule has 2 aromatic carbocycles. The zero-order valence-electron chi connectivity index (χ0n) is 14.4. The van der Waals surface area contributed by atoms with Gasteiger partial charge in [-0.2, -0.15) is 0 Å². The molecule has 5 nitrogen and oxygen atoms in total. The Morgan fingerprint density at radius 1 is 1.12 bits per heavy atom. The van der Waals surface area contributed by atoms with Gasteiger partial charge in [-0.1, -0.05) is 24.3 Å². The molecule has 0 spiro atoms. The minimum Gasteiger partial charge on any atom is -0.469 e. The van der Waals surface area contributed by atoms with Crippen LogP contribution in [0.1, 0.15) is 28.3 Å². The van der Waals surface area contributed by atoms with Crippen molar-refractivity contribution in [2.24, 2.45) is 0 Å². The SMILES string of the molecule is COC(=O)[C@H]1CCN(C(=O)c2ccc3ncccc3c2)c2ccccc21. The first-order valence-electron chi connectivity index (χ1n) is 8.52. The Morgan fingerprint density at radius 3 is 2.81 bits per heavy atom. The highest BCUT2D eigenvalue weighted by atomic mass is 16.5. The van der Waals surface area contributed by atoms with Gasteiger partial charge in [0.25, 0.3) is 5.91 Å². The molecule has 0 N–H and O–H groups in total. The molecule has 0 bridgehead atoms. The maximum absolute atomic E-state index is 13.1. The van der Waals surface area contributed by atoms with Gasteiger partial charge >= 0.3 is 5.97 Å².